The predicted octanol–water partition coefficient (Wildman–Crippen LogP) is 3.15. The minimum atomic E-state index is -4.77. The van der Waals surface area contributed by atoms with Crippen LogP contribution >= 0.6 is 22.6 Å². The number of hydrogen-bond acceptors (Lipinski definition) is 1. The van der Waals surface area contributed by atoms with Gasteiger partial charge in [0.1, 0.15) is 11.6 Å². The molecule has 0 unspecified atom stereocenters. The Hall–Kier alpha value is -0.530. The molecule has 0 amide bonds. The Morgan fingerprint density at radius 3 is 2.23 bits per heavy atom. The summed E-state index contributed by atoms with van der Waals surface area (Å²) < 4.78 is 48.8. The minimum absolute atomic E-state index is 0.0445. The van der Waals surface area contributed by atoms with Gasteiger partial charge in [0, 0.05) is 0 Å². The first-order valence-corrected chi connectivity index (χ1v) is 4.15. The van der Waals surface area contributed by atoms with Gasteiger partial charge in [-0.1, -0.05) is 0 Å². The number of benzene rings is 1. The number of halogens is 5. The molecule has 0 aromatic heterocycles. The molecule has 0 bridgehead atoms. The van der Waals surface area contributed by atoms with Crippen molar-refractivity contribution in [1.29, 1.82) is 0 Å². The maximum atomic E-state index is 12.7. The van der Waals surface area contributed by atoms with E-state index >= 15 is 0 Å². The maximum absolute atomic E-state index is 12.7. The van der Waals surface area contributed by atoms with Gasteiger partial charge in [-0.05, 0) is 34.7 Å². The molecule has 0 atom stereocenters. The second kappa shape index (κ2) is 3.32. The number of aromatic hydroxyl groups is 1. The Labute approximate surface area is 84.5 Å². The first kappa shape index (κ1) is 10.6. The van der Waals surface area contributed by atoms with Gasteiger partial charge in [0.25, 0.3) is 0 Å². The number of rotatable bonds is 0. The average Bonchev–Trinajstić information content (AvgIpc) is 1.94. The van der Waals surface area contributed by atoms with Gasteiger partial charge < -0.3 is 5.11 Å². The highest BCUT2D eigenvalue weighted by atomic mass is 127. The van der Waals surface area contributed by atoms with Gasteiger partial charge in [-0.25, -0.2) is 4.39 Å². The van der Waals surface area contributed by atoms with Crippen LogP contribution < -0.4 is 0 Å². The zero-order chi connectivity index (χ0) is 10.2. The molecule has 1 rings (SSSR count). The number of phenols is 1. The Morgan fingerprint density at radius 2 is 1.77 bits per heavy atom. The molecule has 0 saturated heterocycles. The highest BCUT2D eigenvalue weighted by molar-refractivity contribution is 14.1. The van der Waals surface area contributed by atoms with Gasteiger partial charge in [0.15, 0.2) is 0 Å². The summed E-state index contributed by atoms with van der Waals surface area (Å²) in [7, 11) is 0. The second-order valence-corrected chi connectivity index (χ2v) is 3.44. The van der Waals surface area contributed by atoms with Crippen LogP contribution in [0.4, 0.5) is 17.6 Å². The lowest BCUT2D eigenvalue weighted by molar-refractivity contribution is -0.140. The molecular weight excluding hydrogens is 303 g/mol. The number of phenolic OH excluding ortho intramolecular Hbond substituents is 1. The highest BCUT2D eigenvalue weighted by Crippen LogP contribution is 2.35. The number of hydrogen-bond donors (Lipinski definition) is 1. The van der Waals surface area contributed by atoms with E-state index in [9.17, 15) is 17.6 Å². The quantitative estimate of drug-likeness (QED) is 0.577. The van der Waals surface area contributed by atoms with E-state index in [0.717, 1.165) is 0 Å². The summed E-state index contributed by atoms with van der Waals surface area (Å²) >= 11 is 1.54. The molecule has 13 heavy (non-hydrogen) atoms. The molecule has 72 valence electrons. The lowest BCUT2D eigenvalue weighted by Crippen LogP contribution is -2.08. The lowest BCUT2D eigenvalue weighted by atomic mass is 10.2. The topological polar surface area (TPSA) is 20.2 Å². The fourth-order valence-corrected chi connectivity index (χ4v) is 1.18. The predicted molar refractivity (Wildman–Crippen MR) is 45.8 cm³/mol. The van der Waals surface area contributed by atoms with Crippen LogP contribution in [0.1, 0.15) is 5.56 Å². The van der Waals surface area contributed by atoms with E-state index in [4.69, 9.17) is 5.11 Å². The SMILES string of the molecule is Oc1cc(C(F)(F)F)c(F)cc1I. The van der Waals surface area contributed by atoms with Crippen molar-refractivity contribution in [3.8, 4) is 5.75 Å². The van der Waals surface area contributed by atoms with Crippen LogP contribution in [-0.2, 0) is 6.18 Å². The van der Waals surface area contributed by atoms with Gasteiger partial charge >= 0.3 is 6.18 Å². The van der Waals surface area contributed by atoms with Crippen molar-refractivity contribution in [1.82, 2.24) is 0 Å². The average molecular weight is 306 g/mol. The molecular formula is C7H3F4IO. The van der Waals surface area contributed by atoms with Gasteiger partial charge in [-0.3, -0.25) is 0 Å². The Morgan fingerprint density at radius 1 is 1.23 bits per heavy atom. The lowest BCUT2D eigenvalue weighted by Gasteiger charge is -2.08. The summed E-state index contributed by atoms with van der Waals surface area (Å²) in [5.74, 6) is -1.95. The molecule has 0 spiro atoms. The molecule has 0 aliphatic heterocycles. The molecule has 1 nitrogen and oxygen atoms in total. The summed E-state index contributed by atoms with van der Waals surface area (Å²) in [6.07, 6.45) is -4.77. The van der Waals surface area contributed by atoms with Crippen LogP contribution in [0.5, 0.6) is 5.75 Å². The smallest absolute Gasteiger partial charge is 0.419 e. The minimum Gasteiger partial charge on any atom is -0.507 e. The first-order valence-electron chi connectivity index (χ1n) is 3.07. The molecule has 0 fully saturated rings. The standard InChI is InChI=1S/C7H3F4IO/c8-4-2-5(12)6(13)1-3(4)7(9,10)11/h1-2,13H. The largest absolute Gasteiger partial charge is 0.507 e. The first-order chi connectivity index (χ1) is 5.82. The van der Waals surface area contributed by atoms with E-state index in [-0.39, 0.29) is 3.57 Å². The van der Waals surface area contributed by atoms with Crippen LogP contribution in [0.25, 0.3) is 0 Å². The maximum Gasteiger partial charge on any atom is 0.419 e. The zero-order valence-electron chi connectivity index (χ0n) is 5.99. The van der Waals surface area contributed by atoms with Gasteiger partial charge in [-0.15, -0.1) is 0 Å². The molecule has 0 radical (unpaired) electrons. The van der Waals surface area contributed by atoms with Crippen molar-refractivity contribution in [3.05, 3.63) is 27.1 Å². The monoisotopic (exact) mass is 306 g/mol. The van der Waals surface area contributed by atoms with Gasteiger partial charge in [0.2, 0.25) is 0 Å². The van der Waals surface area contributed by atoms with Crippen LogP contribution in [0.2, 0.25) is 0 Å². The van der Waals surface area contributed by atoms with Crippen molar-refractivity contribution < 1.29 is 22.7 Å². The van der Waals surface area contributed by atoms with E-state index in [0.29, 0.717) is 12.1 Å². The Kier molecular flexibility index (Phi) is 2.69. The van der Waals surface area contributed by atoms with Crippen LogP contribution in [-0.4, -0.2) is 5.11 Å². The molecule has 1 aromatic rings. The van der Waals surface area contributed by atoms with Crippen molar-refractivity contribution in [3.63, 3.8) is 0 Å². The van der Waals surface area contributed by atoms with Crippen molar-refractivity contribution in [2.24, 2.45) is 0 Å². The molecule has 0 aliphatic rings. The third-order valence-electron chi connectivity index (χ3n) is 1.34. The van der Waals surface area contributed by atoms with Gasteiger partial charge in [-0.2, -0.15) is 13.2 Å². The summed E-state index contributed by atoms with van der Waals surface area (Å²) in [5, 5.41) is 8.91. The van der Waals surface area contributed by atoms with Crippen LogP contribution in [0.15, 0.2) is 12.1 Å². The van der Waals surface area contributed by atoms with E-state index in [1.54, 1.807) is 0 Å². The summed E-state index contributed by atoms with van der Waals surface area (Å²) in [5.41, 5.74) is -1.45. The third-order valence-corrected chi connectivity index (χ3v) is 2.21. The van der Waals surface area contributed by atoms with E-state index in [1.165, 1.54) is 22.6 Å². The molecule has 0 aliphatic carbocycles. The third kappa shape index (κ3) is 2.23. The van der Waals surface area contributed by atoms with E-state index in [2.05, 4.69) is 0 Å². The molecule has 0 saturated carbocycles. The van der Waals surface area contributed by atoms with E-state index < -0.39 is 23.3 Å². The normalized spacial score (nSPS) is 11.8. The zero-order valence-corrected chi connectivity index (χ0v) is 8.15. The van der Waals surface area contributed by atoms with Crippen molar-refractivity contribution in [2.75, 3.05) is 0 Å². The number of alkyl halides is 3. The van der Waals surface area contributed by atoms with Crippen molar-refractivity contribution in [2.45, 2.75) is 6.18 Å². The summed E-state index contributed by atoms with van der Waals surface area (Å²) in [6, 6.07) is 1.01. The van der Waals surface area contributed by atoms with Crippen LogP contribution in [0.3, 0.4) is 0 Å². The summed E-state index contributed by atoms with van der Waals surface area (Å²) in [4.78, 5) is 0. The fourth-order valence-electron chi connectivity index (χ4n) is 0.755. The highest BCUT2D eigenvalue weighted by Gasteiger charge is 2.34. The molecule has 0 heterocycles. The Balaban J connectivity index is 3.32. The Bertz CT molecular complexity index is 334. The van der Waals surface area contributed by atoms with E-state index in [1.807, 2.05) is 0 Å². The van der Waals surface area contributed by atoms with Crippen LogP contribution in [0, 0.1) is 9.39 Å². The summed E-state index contributed by atoms with van der Waals surface area (Å²) in [6.45, 7) is 0. The second-order valence-electron chi connectivity index (χ2n) is 2.28. The molecule has 1 aromatic carbocycles. The molecule has 1 N–H and O–H groups in total. The fraction of sp³-hybridized carbons (Fsp3) is 0.143. The molecule has 6 heteroatoms. The van der Waals surface area contributed by atoms with Crippen molar-refractivity contribution >= 4 is 22.6 Å². The van der Waals surface area contributed by atoms with Gasteiger partial charge in [0.05, 0.1) is 9.13 Å².